The van der Waals surface area contributed by atoms with E-state index in [0.29, 0.717) is 0 Å². The predicted molar refractivity (Wildman–Crippen MR) is 87.2 cm³/mol. The van der Waals surface area contributed by atoms with Crippen LogP contribution in [0.3, 0.4) is 0 Å². The first-order chi connectivity index (χ1) is 11.2. The average molecular weight is 314 g/mol. The van der Waals surface area contributed by atoms with Crippen molar-refractivity contribution in [2.75, 3.05) is 13.7 Å². The molecule has 0 saturated carbocycles. The van der Waals surface area contributed by atoms with Gasteiger partial charge >= 0.3 is 0 Å². The Labute approximate surface area is 135 Å². The van der Waals surface area contributed by atoms with Gasteiger partial charge in [-0.05, 0) is 30.5 Å². The Hall–Kier alpha value is -2.34. The summed E-state index contributed by atoms with van der Waals surface area (Å²) in [7, 11) is 1.67. The lowest BCUT2D eigenvalue weighted by atomic mass is 10.0. The number of nitrogens with one attached hydrogen (secondary N) is 1. The lowest BCUT2D eigenvalue weighted by Gasteiger charge is -2.15. The number of aryl methyl sites for hydroxylation is 2. The summed E-state index contributed by atoms with van der Waals surface area (Å²) in [6, 6.07) is 8.09. The molecule has 1 aromatic carbocycles. The van der Waals surface area contributed by atoms with Crippen molar-refractivity contribution in [2.24, 2.45) is 5.73 Å². The van der Waals surface area contributed by atoms with E-state index < -0.39 is 0 Å². The zero-order valence-corrected chi connectivity index (χ0v) is 13.3. The average Bonchev–Trinajstić information content (AvgIpc) is 2.91. The fourth-order valence-electron chi connectivity index (χ4n) is 3.03. The quantitative estimate of drug-likeness (QED) is 0.826. The molecule has 0 bridgehead atoms. The Morgan fingerprint density at radius 3 is 2.83 bits per heavy atom. The number of benzene rings is 1. The molecule has 6 heteroatoms. The molecule has 2 heterocycles. The molecule has 0 atom stereocenters. The third-order valence-electron chi connectivity index (χ3n) is 4.21. The molecule has 1 amide bonds. The van der Waals surface area contributed by atoms with Gasteiger partial charge in [-0.3, -0.25) is 9.48 Å². The molecule has 6 nitrogen and oxygen atoms in total. The van der Waals surface area contributed by atoms with Crippen LogP contribution in [0.1, 0.15) is 22.5 Å². The molecular weight excluding hydrogens is 292 g/mol. The lowest BCUT2D eigenvalue weighted by molar-refractivity contribution is -0.118. The first-order valence-electron chi connectivity index (χ1n) is 7.86. The van der Waals surface area contributed by atoms with Crippen LogP contribution in [0.25, 0.3) is 0 Å². The van der Waals surface area contributed by atoms with Crippen LogP contribution in [0.2, 0.25) is 0 Å². The van der Waals surface area contributed by atoms with Crippen LogP contribution in [0.5, 0.6) is 5.75 Å². The Morgan fingerprint density at radius 1 is 1.35 bits per heavy atom. The molecular formula is C17H22N4O2. The minimum atomic E-state index is -0.351. The zero-order valence-electron chi connectivity index (χ0n) is 13.3. The Morgan fingerprint density at radius 2 is 2.13 bits per heavy atom. The summed E-state index contributed by atoms with van der Waals surface area (Å²) in [5, 5.41) is 8.01. The lowest BCUT2D eigenvalue weighted by Crippen LogP contribution is -2.27. The molecule has 0 fully saturated rings. The molecule has 0 unspecified atom stereocenters. The van der Waals surface area contributed by atoms with Gasteiger partial charge in [-0.2, -0.15) is 5.10 Å². The third-order valence-corrected chi connectivity index (χ3v) is 4.21. The number of fused-ring (bicyclic) bond motifs is 1. The van der Waals surface area contributed by atoms with E-state index in [1.54, 1.807) is 11.8 Å². The van der Waals surface area contributed by atoms with Crippen molar-refractivity contribution in [1.82, 2.24) is 15.1 Å². The van der Waals surface area contributed by atoms with E-state index in [-0.39, 0.29) is 12.5 Å². The van der Waals surface area contributed by atoms with Gasteiger partial charge in [0.05, 0.1) is 12.8 Å². The SMILES string of the molecule is COc1ccc(CCc2nn(CC(N)=O)c3c2CNCC3)cc1. The van der Waals surface area contributed by atoms with Crippen LogP contribution in [0, 0.1) is 0 Å². The van der Waals surface area contributed by atoms with E-state index >= 15 is 0 Å². The standard InChI is InChI=1S/C17H22N4O2/c1-23-13-5-2-12(3-6-13)4-7-15-14-10-19-9-8-16(14)21(20-15)11-17(18)22/h2-3,5-6,19H,4,7-11H2,1H3,(H2,18,22). The number of carbonyl (C=O) groups excluding carboxylic acids is 1. The van der Waals surface area contributed by atoms with Crippen molar-refractivity contribution < 1.29 is 9.53 Å². The highest BCUT2D eigenvalue weighted by atomic mass is 16.5. The summed E-state index contributed by atoms with van der Waals surface area (Å²) < 4.78 is 6.96. The number of rotatable bonds is 6. The van der Waals surface area contributed by atoms with Crippen LogP contribution < -0.4 is 15.8 Å². The van der Waals surface area contributed by atoms with E-state index in [1.807, 2.05) is 12.1 Å². The molecule has 0 aliphatic carbocycles. The van der Waals surface area contributed by atoms with Crippen LogP contribution in [0.15, 0.2) is 24.3 Å². The van der Waals surface area contributed by atoms with Crippen molar-refractivity contribution in [3.63, 3.8) is 0 Å². The Bertz CT molecular complexity index is 691. The van der Waals surface area contributed by atoms with E-state index in [1.165, 1.54) is 11.1 Å². The van der Waals surface area contributed by atoms with Gasteiger partial charge in [0, 0.05) is 30.8 Å². The van der Waals surface area contributed by atoms with E-state index in [2.05, 4.69) is 22.5 Å². The fraction of sp³-hybridized carbons (Fsp3) is 0.412. The normalized spacial score (nSPS) is 13.6. The van der Waals surface area contributed by atoms with Gasteiger partial charge in [0.1, 0.15) is 12.3 Å². The fourth-order valence-corrected chi connectivity index (χ4v) is 3.03. The zero-order chi connectivity index (χ0) is 16.2. The van der Waals surface area contributed by atoms with Crippen LogP contribution in [-0.2, 0) is 37.1 Å². The number of aromatic nitrogens is 2. The number of ether oxygens (including phenoxy) is 1. The maximum absolute atomic E-state index is 11.2. The number of primary amides is 1. The van der Waals surface area contributed by atoms with Crippen LogP contribution in [-0.4, -0.2) is 29.3 Å². The van der Waals surface area contributed by atoms with E-state index in [4.69, 9.17) is 10.5 Å². The minimum Gasteiger partial charge on any atom is -0.497 e. The number of amides is 1. The number of nitrogens with zero attached hydrogens (tertiary/aromatic N) is 2. The minimum absolute atomic E-state index is 0.158. The summed E-state index contributed by atoms with van der Waals surface area (Å²) in [6.45, 7) is 1.88. The van der Waals surface area contributed by atoms with Crippen LogP contribution in [0.4, 0.5) is 0 Å². The smallest absolute Gasteiger partial charge is 0.239 e. The first-order valence-corrected chi connectivity index (χ1v) is 7.86. The molecule has 3 rings (SSSR count). The number of hydrogen-bond donors (Lipinski definition) is 2. The van der Waals surface area contributed by atoms with Gasteiger partial charge in [0.25, 0.3) is 0 Å². The molecule has 2 aromatic rings. The van der Waals surface area contributed by atoms with E-state index in [9.17, 15) is 4.79 Å². The summed E-state index contributed by atoms with van der Waals surface area (Å²) >= 11 is 0. The summed E-state index contributed by atoms with van der Waals surface area (Å²) in [5.74, 6) is 0.511. The summed E-state index contributed by atoms with van der Waals surface area (Å²) in [5.41, 5.74) is 10.0. The monoisotopic (exact) mass is 314 g/mol. The highest BCUT2D eigenvalue weighted by molar-refractivity contribution is 5.73. The first kappa shape index (κ1) is 15.6. The molecule has 0 spiro atoms. The highest BCUT2D eigenvalue weighted by Gasteiger charge is 2.20. The number of methoxy groups -OCH3 is 1. The van der Waals surface area contributed by atoms with Crippen molar-refractivity contribution >= 4 is 5.91 Å². The summed E-state index contributed by atoms with van der Waals surface area (Å²) in [4.78, 5) is 11.2. The van der Waals surface area contributed by atoms with Gasteiger partial charge in [0.2, 0.25) is 5.91 Å². The Kier molecular flexibility index (Phi) is 4.62. The predicted octanol–water partition coefficient (Wildman–Crippen LogP) is 0.808. The van der Waals surface area contributed by atoms with Gasteiger partial charge in [-0.25, -0.2) is 0 Å². The van der Waals surface area contributed by atoms with Gasteiger partial charge in [-0.1, -0.05) is 12.1 Å². The molecule has 122 valence electrons. The maximum Gasteiger partial charge on any atom is 0.239 e. The summed E-state index contributed by atoms with van der Waals surface area (Å²) in [6.07, 6.45) is 2.64. The largest absolute Gasteiger partial charge is 0.497 e. The number of nitrogens with two attached hydrogens (primary N) is 1. The molecule has 0 saturated heterocycles. The van der Waals surface area contributed by atoms with Crippen molar-refractivity contribution in [2.45, 2.75) is 32.4 Å². The molecule has 1 aliphatic rings. The molecule has 1 aliphatic heterocycles. The number of hydrogen-bond acceptors (Lipinski definition) is 4. The second-order valence-corrected chi connectivity index (χ2v) is 5.77. The molecule has 0 radical (unpaired) electrons. The second kappa shape index (κ2) is 6.83. The number of carbonyl (C=O) groups is 1. The van der Waals surface area contributed by atoms with Crippen molar-refractivity contribution in [3.8, 4) is 5.75 Å². The second-order valence-electron chi connectivity index (χ2n) is 5.77. The third kappa shape index (κ3) is 3.53. The van der Waals surface area contributed by atoms with Crippen LogP contribution >= 0.6 is 0 Å². The molecule has 3 N–H and O–H groups in total. The maximum atomic E-state index is 11.2. The van der Waals surface area contributed by atoms with Gasteiger partial charge < -0.3 is 15.8 Å². The molecule has 1 aromatic heterocycles. The molecule has 23 heavy (non-hydrogen) atoms. The van der Waals surface area contributed by atoms with Crippen molar-refractivity contribution in [1.29, 1.82) is 0 Å². The van der Waals surface area contributed by atoms with Crippen molar-refractivity contribution in [3.05, 3.63) is 46.8 Å². The highest BCUT2D eigenvalue weighted by Crippen LogP contribution is 2.20. The Balaban J connectivity index is 1.76. The topological polar surface area (TPSA) is 82.2 Å². The van der Waals surface area contributed by atoms with Gasteiger partial charge in [-0.15, -0.1) is 0 Å². The van der Waals surface area contributed by atoms with E-state index in [0.717, 1.165) is 49.5 Å². The van der Waals surface area contributed by atoms with Gasteiger partial charge in [0.15, 0.2) is 0 Å².